The zero-order chi connectivity index (χ0) is 12.8. The number of fused-ring (bicyclic) bond motifs is 3. The van der Waals surface area contributed by atoms with Crippen molar-refractivity contribution in [2.24, 2.45) is 0 Å². The molecule has 96 valence electrons. The third-order valence-corrected chi connectivity index (χ3v) is 3.73. The first kappa shape index (κ1) is 10.7. The molecule has 1 aromatic carbocycles. The van der Waals surface area contributed by atoms with E-state index >= 15 is 0 Å². The molecule has 3 aromatic rings. The lowest BCUT2D eigenvalue weighted by molar-refractivity contribution is 0.630. The molecule has 0 spiro atoms. The fraction of sp³-hybridized carbons (Fsp3) is 0.286. The molecule has 3 heterocycles. The van der Waals surface area contributed by atoms with Crippen molar-refractivity contribution in [1.82, 2.24) is 15.0 Å². The van der Waals surface area contributed by atoms with Gasteiger partial charge in [-0.3, -0.25) is 0 Å². The predicted molar refractivity (Wildman–Crippen MR) is 72.8 cm³/mol. The van der Waals surface area contributed by atoms with Crippen LogP contribution in [0.4, 0.5) is 10.2 Å². The van der Waals surface area contributed by atoms with Gasteiger partial charge in [-0.25, -0.2) is 14.4 Å². The maximum atomic E-state index is 13.4. The van der Waals surface area contributed by atoms with E-state index in [0.717, 1.165) is 40.8 Å². The summed E-state index contributed by atoms with van der Waals surface area (Å²) in [5.74, 6) is 0.689. The first-order valence-electron chi connectivity index (χ1n) is 6.50. The van der Waals surface area contributed by atoms with Gasteiger partial charge in [-0.15, -0.1) is 0 Å². The van der Waals surface area contributed by atoms with Crippen LogP contribution >= 0.6 is 0 Å². The Morgan fingerprint density at radius 1 is 1.16 bits per heavy atom. The van der Waals surface area contributed by atoms with E-state index in [1.165, 1.54) is 25.0 Å². The van der Waals surface area contributed by atoms with E-state index < -0.39 is 0 Å². The first-order chi connectivity index (χ1) is 9.33. The third-order valence-electron chi connectivity index (χ3n) is 3.73. The van der Waals surface area contributed by atoms with Crippen LogP contribution in [0, 0.1) is 5.82 Å². The Balaban J connectivity index is 2.02. The summed E-state index contributed by atoms with van der Waals surface area (Å²) in [7, 11) is 0. The second-order valence-electron chi connectivity index (χ2n) is 4.93. The Kier molecular flexibility index (Phi) is 2.21. The van der Waals surface area contributed by atoms with Gasteiger partial charge in [-0.1, -0.05) is 0 Å². The van der Waals surface area contributed by atoms with Crippen LogP contribution < -0.4 is 4.90 Å². The number of hydrogen-bond acceptors (Lipinski definition) is 3. The summed E-state index contributed by atoms with van der Waals surface area (Å²) in [6, 6.07) is 4.73. The minimum Gasteiger partial charge on any atom is -0.355 e. The molecule has 1 fully saturated rings. The summed E-state index contributed by atoms with van der Waals surface area (Å²) in [5, 5.41) is 0.817. The van der Waals surface area contributed by atoms with Crippen LogP contribution in [0.3, 0.4) is 0 Å². The van der Waals surface area contributed by atoms with Crippen LogP contribution in [0.5, 0.6) is 0 Å². The van der Waals surface area contributed by atoms with Crippen LogP contribution in [0.2, 0.25) is 0 Å². The molecule has 2 aromatic heterocycles. The third kappa shape index (κ3) is 1.58. The average Bonchev–Trinajstić information content (AvgIpc) is 3.05. The smallest absolute Gasteiger partial charge is 0.156 e. The first-order valence-corrected chi connectivity index (χ1v) is 6.50. The zero-order valence-corrected chi connectivity index (χ0v) is 10.4. The molecule has 4 rings (SSSR count). The van der Waals surface area contributed by atoms with Crippen LogP contribution in [-0.4, -0.2) is 28.0 Å². The fourth-order valence-corrected chi connectivity index (χ4v) is 2.82. The van der Waals surface area contributed by atoms with Crippen molar-refractivity contribution in [3.8, 4) is 0 Å². The van der Waals surface area contributed by atoms with E-state index in [1.54, 1.807) is 12.4 Å². The van der Waals surface area contributed by atoms with Crippen molar-refractivity contribution >= 4 is 27.8 Å². The maximum Gasteiger partial charge on any atom is 0.156 e. The van der Waals surface area contributed by atoms with Gasteiger partial charge in [0.25, 0.3) is 0 Å². The van der Waals surface area contributed by atoms with Crippen LogP contribution in [-0.2, 0) is 0 Å². The minimum atomic E-state index is -0.241. The van der Waals surface area contributed by atoms with E-state index in [9.17, 15) is 4.39 Å². The summed E-state index contributed by atoms with van der Waals surface area (Å²) in [6.45, 7) is 2.05. The second-order valence-corrected chi connectivity index (χ2v) is 4.93. The SMILES string of the molecule is Fc1ccc2[nH]c3c(N4CCCC4)ncnc3c2c1. The van der Waals surface area contributed by atoms with Gasteiger partial charge in [0, 0.05) is 24.0 Å². The van der Waals surface area contributed by atoms with Gasteiger partial charge >= 0.3 is 0 Å². The molecule has 5 heteroatoms. The number of halogens is 1. The van der Waals surface area contributed by atoms with E-state index in [1.807, 2.05) is 0 Å². The fourth-order valence-electron chi connectivity index (χ4n) is 2.82. The number of benzene rings is 1. The highest BCUT2D eigenvalue weighted by Crippen LogP contribution is 2.30. The lowest BCUT2D eigenvalue weighted by atomic mass is 10.2. The van der Waals surface area contributed by atoms with E-state index in [0.29, 0.717) is 0 Å². The number of rotatable bonds is 1. The standard InChI is InChI=1S/C14H13FN4/c15-9-3-4-11-10(7-9)12-13(18-11)14(17-8-16-12)19-5-1-2-6-19/h3-4,7-8,18H,1-2,5-6H2. The van der Waals surface area contributed by atoms with E-state index in [-0.39, 0.29) is 5.82 Å². The Bertz CT molecular complexity index is 759. The van der Waals surface area contributed by atoms with Gasteiger partial charge in [0.2, 0.25) is 0 Å². The molecule has 1 saturated heterocycles. The van der Waals surface area contributed by atoms with Gasteiger partial charge in [0.05, 0.1) is 0 Å². The number of aromatic nitrogens is 3. The Morgan fingerprint density at radius 2 is 2.00 bits per heavy atom. The maximum absolute atomic E-state index is 13.4. The normalized spacial score (nSPS) is 15.7. The van der Waals surface area contributed by atoms with Crippen LogP contribution in [0.1, 0.15) is 12.8 Å². The number of aromatic amines is 1. The molecule has 1 aliphatic heterocycles. The molecule has 1 N–H and O–H groups in total. The molecular weight excluding hydrogens is 243 g/mol. The number of nitrogens with one attached hydrogen (secondary N) is 1. The summed E-state index contributed by atoms with van der Waals surface area (Å²) in [6.07, 6.45) is 3.95. The minimum absolute atomic E-state index is 0.241. The lowest BCUT2D eigenvalue weighted by Gasteiger charge is -2.16. The highest BCUT2D eigenvalue weighted by molar-refractivity contribution is 6.08. The largest absolute Gasteiger partial charge is 0.355 e. The van der Waals surface area contributed by atoms with Crippen molar-refractivity contribution in [3.63, 3.8) is 0 Å². The highest BCUT2D eigenvalue weighted by atomic mass is 19.1. The molecule has 1 aliphatic rings. The van der Waals surface area contributed by atoms with Gasteiger partial charge in [0.1, 0.15) is 23.2 Å². The number of H-pyrrole nitrogens is 1. The molecule has 0 bridgehead atoms. The molecule has 0 saturated carbocycles. The number of hydrogen-bond donors (Lipinski definition) is 1. The topological polar surface area (TPSA) is 44.8 Å². The van der Waals surface area contributed by atoms with Gasteiger partial charge in [0.15, 0.2) is 5.82 Å². The summed E-state index contributed by atoms with van der Waals surface area (Å²) >= 11 is 0. The molecule has 0 amide bonds. The summed E-state index contributed by atoms with van der Waals surface area (Å²) in [5.41, 5.74) is 2.61. The number of nitrogens with zero attached hydrogens (tertiary/aromatic N) is 3. The Hall–Kier alpha value is -2.17. The van der Waals surface area contributed by atoms with Crippen LogP contribution in [0.25, 0.3) is 21.9 Å². The summed E-state index contributed by atoms with van der Waals surface area (Å²) in [4.78, 5) is 14.3. The molecular formula is C14H13FN4. The van der Waals surface area contributed by atoms with Gasteiger partial charge < -0.3 is 9.88 Å². The second kappa shape index (κ2) is 3.91. The Labute approximate surface area is 109 Å². The van der Waals surface area contributed by atoms with Crippen molar-refractivity contribution in [3.05, 3.63) is 30.3 Å². The van der Waals surface area contributed by atoms with Gasteiger partial charge in [-0.2, -0.15) is 0 Å². The zero-order valence-electron chi connectivity index (χ0n) is 10.4. The predicted octanol–water partition coefficient (Wildman–Crippen LogP) is 2.85. The Morgan fingerprint density at radius 3 is 2.84 bits per heavy atom. The van der Waals surface area contributed by atoms with Crippen molar-refractivity contribution < 1.29 is 4.39 Å². The van der Waals surface area contributed by atoms with Gasteiger partial charge in [-0.05, 0) is 31.0 Å². The molecule has 0 aliphatic carbocycles. The molecule has 0 atom stereocenters. The van der Waals surface area contributed by atoms with Crippen molar-refractivity contribution in [1.29, 1.82) is 0 Å². The highest BCUT2D eigenvalue weighted by Gasteiger charge is 2.18. The average molecular weight is 256 g/mol. The monoisotopic (exact) mass is 256 g/mol. The summed E-state index contributed by atoms with van der Waals surface area (Å²) < 4.78 is 13.4. The number of anilines is 1. The van der Waals surface area contributed by atoms with E-state index in [4.69, 9.17) is 0 Å². The molecule has 0 unspecified atom stereocenters. The lowest BCUT2D eigenvalue weighted by Crippen LogP contribution is -2.19. The van der Waals surface area contributed by atoms with Crippen molar-refractivity contribution in [2.45, 2.75) is 12.8 Å². The van der Waals surface area contributed by atoms with E-state index in [2.05, 4.69) is 19.9 Å². The quantitative estimate of drug-likeness (QED) is 0.728. The van der Waals surface area contributed by atoms with Crippen LogP contribution in [0.15, 0.2) is 24.5 Å². The molecule has 0 radical (unpaired) electrons. The molecule has 4 nitrogen and oxygen atoms in total. The molecule has 19 heavy (non-hydrogen) atoms. The van der Waals surface area contributed by atoms with Crippen molar-refractivity contribution in [2.75, 3.05) is 18.0 Å².